The Morgan fingerprint density at radius 1 is 1.05 bits per heavy atom. The average molecular weight is 285 g/mol. The number of halogens is 3. The number of hydrogen-bond acceptors (Lipinski definition) is 4. The van der Waals surface area contributed by atoms with Gasteiger partial charge in [-0.05, 0) is 20.8 Å². The molecule has 110 valence electrons. The van der Waals surface area contributed by atoms with Gasteiger partial charge < -0.3 is 10.1 Å². The Morgan fingerprint density at radius 3 is 2.00 bits per heavy atom. The number of nitrogens with one attached hydrogen (secondary N) is 3. The van der Waals surface area contributed by atoms with Crippen LogP contribution in [0.1, 0.15) is 20.8 Å². The van der Waals surface area contributed by atoms with Crippen molar-refractivity contribution in [3.63, 3.8) is 0 Å². The number of rotatable bonds is 2. The van der Waals surface area contributed by atoms with Crippen molar-refractivity contribution in [1.82, 2.24) is 16.2 Å². The molecule has 0 spiro atoms. The van der Waals surface area contributed by atoms with E-state index in [9.17, 15) is 27.6 Å². The highest BCUT2D eigenvalue weighted by Crippen LogP contribution is 2.13. The van der Waals surface area contributed by atoms with E-state index < -0.39 is 36.2 Å². The molecule has 0 unspecified atom stereocenters. The molecular weight excluding hydrogens is 271 g/mol. The van der Waals surface area contributed by atoms with Gasteiger partial charge in [-0.3, -0.25) is 20.4 Å². The van der Waals surface area contributed by atoms with Crippen LogP contribution in [0.5, 0.6) is 0 Å². The summed E-state index contributed by atoms with van der Waals surface area (Å²) in [6.45, 7) is 4.13. The predicted octanol–water partition coefficient (Wildman–Crippen LogP) is 0.221. The monoisotopic (exact) mass is 285 g/mol. The number of alkyl halides is 3. The van der Waals surface area contributed by atoms with Crippen molar-refractivity contribution in [2.45, 2.75) is 32.5 Å². The Hall–Kier alpha value is -2.00. The number of alkyl carbamates (subject to hydrolysis) is 1. The van der Waals surface area contributed by atoms with Gasteiger partial charge in [0.25, 0.3) is 5.91 Å². The molecule has 0 aromatic heterocycles. The third-order valence-electron chi connectivity index (χ3n) is 1.37. The molecule has 0 aromatic carbocycles. The lowest BCUT2D eigenvalue weighted by Crippen LogP contribution is -2.50. The largest absolute Gasteiger partial charge is 0.472 e. The summed E-state index contributed by atoms with van der Waals surface area (Å²) in [5, 5.41) is 2.00. The van der Waals surface area contributed by atoms with Crippen LogP contribution in [0, 0.1) is 0 Å². The van der Waals surface area contributed by atoms with Crippen LogP contribution in [-0.2, 0) is 14.3 Å². The third kappa shape index (κ3) is 8.69. The lowest BCUT2D eigenvalue weighted by molar-refractivity contribution is -0.175. The molecule has 0 aliphatic carbocycles. The van der Waals surface area contributed by atoms with E-state index in [4.69, 9.17) is 4.74 Å². The van der Waals surface area contributed by atoms with Crippen molar-refractivity contribution in [2.24, 2.45) is 0 Å². The van der Waals surface area contributed by atoms with Gasteiger partial charge in [-0.1, -0.05) is 0 Å². The number of hydrazine groups is 1. The van der Waals surface area contributed by atoms with Crippen LogP contribution in [0.15, 0.2) is 0 Å². The number of carbonyl (C=O) groups excluding carboxylic acids is 3. The molecule has 0 heterocycles. The fourth-order valence-corrected chi connectivity index (χ4v) is 0.708. The quantitative estimate of drug-likeness (QED) is 0.632. The van der Waals surface area contributed by atoms with Crippen molar-refractivity contribution >= 4 is 17.9 Å². The van der Waals surface area contributed by atoms with E-state index in [0.29, 0.717) is 0 Å². The fourth-order valence-electron chi connectivity index (χ4n) is 0.708. The maximum Gasteiger partial charge on any atom is 0.472 e. The minimum atomic E-state index is -5.11. The molecule has 0 saturated heterocycles. The van der Waals surface area contributed by atoms with Gasteiger partial charge in [0.05, 0.1) is 0 Å². The second-order valence-corrected chi connectivity index (χ2v) is 4.36. The number of ether oxygens (including phenoxy) is 1. The van der Waals surface area contributed by atoms with Crippen LogP contribution in [0.25, 0.3) is 0 Å². The zero-order valence-corrected chi connectivity index (χ0v) is 10.5. The molecule has 0 fully saturated rings. The van der Waals surface area contributed by atoms with Crippen molar-refractivity contribution in [2.75, 3.05) is 6.54 Å². The van der Waals surface area contributed by atoms with Crippen molar-refractivity contribution in [1.29, 1.82) is 0 Å². The Bertz CT molecular complexity index is 363. The minimum absolute atomic E-state index is 0.646. The summed E-state index contributed by atoms with van der Waals surface area (Å²) in [7, 11) is 0. The zero-order valence-electron chi connectivity index (χ0n) is 10.5. The first-order valence-corrected chi connectivity index (χ1v) is 5.04. The summed E-state index contributed by atoms with van der Waals surface area (Å²) in [6.07, 6.45) is -6.02. The normalized spacial score (nSPS) is 11.5. The summed E-state index contributed by atoms with van der Waals surface area (Å²) >= 11 is 0. The van der Waals surface area contributed by atoms with Crippen LogP contribution in [0.2, 0.25) is 0 Å². The van der Waals surface area contributed by atoms with E-state index in [-0.39, 0.29) is 0 Å². The van der Waals surface area contributed by atoms with E-state index in [1.807, 2.05) is 5.32 Å². The highest BCUT2D eigenvalue weighted by Gasteiger charge is 2.38. The van der Waals surface area contributed by atoms with Crippen molar-refractivity contribution in [3.05, 3.63) is 0 Å². The number of amides is 3. The van der Waals surface area contributed by atoms with Gasteiger partial charge in [0.2, 0.25) is 0 Å². The summed E-state index contributed by atoms with van der Waals surface area (Å²) in [5.74, 6) is -3.36. The molecule has 0 bridgehead atoms. The van der Waals surface area contributed by atoms with Crippen LogP contribution >= 0.6 is 0 Å². The van der Waals surface area contributed by atoms with E-state index in [1.54, 1.807) is 20.8 Å². The zero-order chi connectivity index (χ0) is 15.3. The van der Waals surface area contributed by atoms with E-state index in [0.717, 1.165) is 5.43 Å². The Morgan fingerprint density at radius 2 is 1.58 bits per heavy atom. The van der Waals surface area contributed by atoms with Gasteiger partial charge in [0.1, 0.15) is 12.1 Å². The fraction of sp³-hybridized carbons (Fsp3) is 0.667. The van der Waals surface area contributed by atoms with Gasteiger partial charge in [-0.25, -0.2) is 4.79 Å². The standard InChI is InChI=1S/C9H14F3N3O4/c1-8(2,3)19-7(18)13-4-5(16)14-15-6(17)9(10,11)12/h4H2,1-3H3,(H,13,18)(H,14,16)(H,15,17). The molecule has 3 amide bonds. The van der Waals surface area contributed by atoms with Crippen molar-refractivity contribution < 1.29 is 32.3 Å². The van der Waals surface area contributed by atoms with Gasteiger partial charge in [0, 0.05) is 0 Å². The molecule has 19 heavy (non-hydrogen) atoms. The smallest absolute Gasteiger partial charge is 0.444 e. The highest BCUT2D eigenvalue weighted by atomic mass is 19.4. The minimum Gasteiger partial charge on any atom is -0.444 e. The molecule has 0 rings (SSSR count). The first kappa shape index (κ1) is 17.0. The maximum absolute atomic E-state index is 11.7. The summed E-state index contributed by atoms with van der Waals surface area (Å²) in [5.41, 5.74) is 1.84. The third-order valence-corrected chi connectivity index (χ3v) is 1.37. The summed E-state index contributed by atoms with van der Waals surface area (Å²) in [6, 6.07) is 0. The van der Waals surface area contributed by atoms with Crippen LogP contribution in [-0.4, -0.2) is 36.2 Å². The molecule has 0 atom stereocenters. The molecule has 3 N–H and O–H groups in total. The molecule has 10 heteroatoms. The summed E-state index contributed by atoms with van der Waals surface area (Å²) < 4.78 is 40.0. The lowest BCUT2D eigenvalue weighted by Gasteiger charge is -2.19. The van der Waals surface area contributed by atoms with Crippen molar-refractivity contribution in [3.8, 4) is 0 Å². The number of hydrogen-bond donors (Lipinski definition) is 3. The first-order chi connectivity index (χ1) is 8.42. The average Bonchev–Trinajstić information content (AvgIpc) is 2.19. The topological polar surface area (TPSA) is 96.5 Å². The Balaban J connectivity index is 3.95. The Labute approximate surface area is 106 Å². The first-order valence-electron chi connectivity index (χ1n) is 5.04. The molecular formula is C9H14F3N3O4. The Kier molecular flexibility index (Phi) is 5.59. The van der Waals surface area contributed by atoms with E-state index in [2.05, 4.69) is 0 Å². The van der Waals surface area contributed by atoms with Gasteiger partial charge in [0.15, 0.2) is 0 Å². The second kappa shape index (κ2) is 6.25. The molecule has 0 aromatic rings. The molecule has 0 saturated carbocycles. The summed E-state index contributed by atoms with van der Waals surface area (Å²) in [4.78, 5) is 32.4. The molecule has 0 radical (unpaired) electrons. The van der Waals surface area contributed by atoms with E-state index in [1.165, 1.54) is 5.43 Å². The van der Waals surface area contributed by atoms with Gasteiger partial charge >= 0.3 is 18.2 Å². The highest BCUT2D eigenvalue weighted by molar-refractivity contribution is 5.87. The predicted molar refractivity (Wildman–Crippen MR) is 56.6 cm³/mol. The van der Waals surface area contributed by atoms with Gasteiger partial charge in [-0.15, -0.1) is 0 Å². The van der Waals surface area contributed by atoms with Crippen LogP contribution in [0.4, 0.5) is 18.0 Å². The van der Waals surface area contributed by atoms with Gasteiger partial charge in [-0.2, -0.15) is 13.2 Å². The maximum atomic E-state index is 11.7. The lowest BCUT2D eigenvalue weighted by atomic mass is 10.2. The number of carbonyl (C=O) groups is 3. The molecule has 7 nitrogen and oxygen atoms in total. The van der Waals surface area contributed by atoms with Crippen LogP contribution in [0.3, 0.4) is 0 Å². The molecule has 0 aliphatic rings. The SMILES string of the molecule is CC(C)(C)OC(=O)NCC(=O)NNC(=O)C(F)(F)F. The molecule has 0 aliphatic heterocycles. The van der Waals surface area contributed by atoms with Crippen LogP contribution < -0.4 is 16.2 Å². The second-order valence-electron chi connectivity index (χ2n) is 4.36. The van der Waals surface area contributed by atoms with E-state index >= 15 is 0 Å².